The van der Waals surface area contributed by atoms with Gasteiger partial charge in [0.1, 0.15) is 30.3 Å². The molecule has 5 aromatic rings. The average Bonchev–Trinajstić information content (AvgIpc) is 3.69. The Morgan fingerprint density at radius 2 is 1.51 bits per heavy atom. The highest BCUT2D eigenvalue weighted by atomic mass is 16.5. The van der Waals surface area contributed by atoms with E-state index in [0.717, 1.165) is 78.0 Å². The number of nitrogens with one attached hydrogen (secondary N) is 4. The highest BCUT2D eigenvalue weighted by Gasteiger charge is 2.46. The molecular weight excluding hydrogens is 959 g/mol. The summed E-state index contributed by atoms with van der Waals surface area (Å²) in [5.74, 6) is -1.62. The number of unbranched alkanes of at least 4 members (excludes halogenated alkanes) is 2. The lowest BCUT2D eigenvalue weighted by Gasteiger charge is -2.37. The van der Waals surface area contributed by atoms with Gasteiger partial charge >= 0.3 is 6.03 Å². The van der Waals surface area contributed by atoms with Crippen molar-refractivity contribution in [1.29, 1.82) is 5.26 Å². The van der Waals surface area contributed by atoms with E-state index in [-0.39, 0.29) is 54.4 Å². The highest BCUT2D eigenvalue weighted by Crippen LogP contribution is 2.34. The van der Waals surface area contributed by atoms with Gasteiger partial charge in [0.25, 0.3) is 17.7 Å². The van der Waals surface area contributed by atoms with Crippen LogP contribution in [-0.4, -0.2) is 115 Å². The Morgan fingerprint density at radius 3 is 2.24 bits per heavy atom. The van der Waals surface area contributed by atoms with Crippen molar-refractivity contribution in [3.05, 3.63) is 132 Å². The van der Waals surface area contributed by atoms with Gasteiger partial charge in [-0.3, -0.25) is 39.1 Å². The summed E-state index contributed by atoms with van der Waals surface area (Å²) in [5.41, 5.74) is 4.31. The lowest BCUT2D eigenvalue weighted by molar-refractivity contribution is -0.136. The zero-order valence-corrected chi connectivity index (χ0v) is 41.7. The van der Waals surface area contributed by atoms with Crippen LogP contribution in [0.25, 0.3) is 11.1 Å². The van der Waals surface area contributed by atoms with Gasteiger partial charge in [-0.15, -0.1) is 0 Å². The summed E-state index contributed by atoms with van der Waals surface area (Å²) in [7, 11) is 0. The van der Waals surface area contributed by atoms with Gasteiger partial charge in [0, 0.05) is 75.6 Å². The van der Waals surface area contributed by atoms with Crippen LogP contribution in [0, 0.1) is 11.3 Å². The summed E-state index contributed by atoms with van der Waals surface area (Å²) in [5, 5.41) is 20.7. The maximum Gasteiger partial charge on any atom is 0.322 e. The van der Waals surface area contributed by atoms with Gasteiger partial charge in [0.05, 0.1) is 23.3 Å². The van der Waals surface area contributed by atoms with E-state index in [0.29, 0.717) is 64.0 Å². The molecule has 2 aromatic heterocycles. The number of fused-ring (bicyclic) bond motifs is 1. The minimum atomic E-state index is -1.10. The topological polar surface area (TPSA) is 244 Å². The first-order valence-corrected chi connectivity index (χ1v) is 25.5. The number of urea groups is 1. The van der Waals surface area contributed by atoms with E-state index < -0.39 is 35.6 Å². The fourth-order valence-corrected chi connectivity index (χ4v) is 9.24. The molecule has 4 heterocycles. The van der Waals surface area contributed by atoms with Crippen molar-refractivity contribution in [2.75, 3.05) is 56.4 Å². The summed E-state index contributed by atoms with van der Waals surface area (Å²) >= 11 is 0. The number of hydrogen-bond donors (Lipinski definition) is 4. The zero-order chi connectivity index (χ0) is 52.4. The van der Waals surface area contributed by atoms with E-state index in [1.807, 2.05) is 77.7 Å². The SMILES string of the molecule is N#Cc1ccc(N[C@H]2CC[C@H](N(C(=O)NCc3ccccc3)c3ccc(-c4ccnc(OCCOCCCCOCCCCNC(=O)COc5cccc6c5C(=O)N(C5CCC(=O)NC5=O)C6=O)c4)cc3)CC2)nc1. The van der Waals surface area contributed by atoms with Crippen molar-refractivity contribution >= 4 is 47.1 Å². The minimum absolute atomic E-state index is 0.00101. The number of nitrogens with zero attached hydrogens (tertiary/aromatic N) is 5. The Hall–Kier alpha value is -8.21. The maximum atomic E-state index is 13.9. The van der Waals surface area contributed by atoms with E-state index >= 15 is 0 Å². The van der Waals surface area contributed by atoms with Crippen LogP contribution in [0.2, 0.25) is 0 Å². The molecule has 1 saturated carbocycles. The average molecular weight is 1020 g/mol. The van der Waals surface area contributed by atoms with E-state index in [1.54, 1.807) is 18.5 Å². The lowest BCUT2D eigenvalue weighted by atomic mass is 9.89. The van der Waals surface area contributed by atoms with Crippen LogP contribution < -0.4 is 35.6 Å². The molecule has 19 nitrogen and oxygen atoms in total. The zero-order valence-electron chi connectivity index (χ0n) is 41.7. The van der Waals surface area contributed by atoms with Gasteiger partial charge in [-0.05, 0) is 117 Å². The van der Waals surface area contributed by atoms with Crippen LogP contribution in [0.15, 0.2) is 109 Å². The maximum absolute atomic E-state index is 13.9. The highest BCUT2D eigenvalue weighted by molar-refractivity contribution is 6.24. The number of aromatic nitrogens is 2. The van der Waals surface area contributed by atoms with Crippen molar-refractivity contribution in [1.82, 2.24) is 30.8 Å². The van der Waals surface area contributed by atoms with E-state index in [1.165, 1.54) is 18.2 Å². The Labute approximate surface area is 435 Å². The number of rotatable bonds is 25. The molecule has 1 atom stereocenters. The van der Waals surface area contributed by atoms with Crippen LogP contribution in [0.1, 0.15) is 96.1 Å². The first-order valence-electron chi connectivity index (χ1n) is 25.5. The van der Waals surface area contributed by atoms with Crippen molar-refractivity contribution in [2.24, 2.45) is 0 Å². The molecule has 1 saturated heterocycles. The molecule has 75 heavy (non-hydrogen) atoms. The van der Waals surface area contributed by atoms with E-state index in [4.69, 9.17) is 24.2 Å². The van der Waals surface area contributed by atoms with Crippen LogP contribution in [0.5, 0.6) is 11.6 Å². The third-order valence-corrected chi connectivity index (χ3v) is 13.2. The second-order valence-corrected chi connectivity index (χ2v) is 18.4. The van der Waals surface area contributed by atoms with Gasteiger partial charge in [-0.25, -0.2) is 14.8 Å². The first-order chi connectivity index (χ1) is 36.6. The number of nitriles is 1. The van der Waals surface area contributed by atoms with Crippen LogP contribution in [0.3, 0.4) is 0 Å². The fourth-order valence-electron chi connectivity index (χ4n) is 9.24. The summed E-state index contributed by atoms with van der Waals surface area (Å²) in [6.07, 6.45) is 9.74. The molecule has 8 rings (SSSR count). The molecule has 0 radical (unpaired) electrons. The number of anilines is 2. The quantitative estimate of drug-likeness (QED) is 0.0350. The number of benzene rings is 3. The molecule has 3 aromatic carbocycles. The lowest BCUT2D eigenvalue weighted by Crippen LogP contribution is -2.54. The number of amides is 7. The van der Waals surface area contributed by atoms with Crippen LogP contribution in [0.4, 0.5) is 16.3 Å². The van der Waals surface area contributed by atoms with Crippen molar-refractivity contribution in [2.45, 2.75) is 88.9 Å². The number of carbonyl (C=O) groups excluding carboxylic acids is 6. The summed E-state index contributed by atoms with van der Waals surface area (Å²) in [4.78, 5) is 88.2. The Bertz CT molecular complexity index is 2820. The van der Waals surface area contributed by atoms with Crippen molar-refractivity contribution < 1.29 is 47.7 Å². The van der Waals surface area contributed by atoms with Crippen LogP contribution in [-0.2, 0) is 30.4 Å². The summed E-state index contributed by atoms with van der Waals surface area (Å²) < 4.78 is 23.1. The molecule has 0 spiro atoms. The monoisotopic (exact) mass is 1020 g/mol. The summed E-state index contributed by atoms with van der Waals surface area (Å²) in [6, 6.07) is 30.8. The molecule has 1 unspecified atom stereocenters. The number of hydrogen-bond acceptors (Lipinski definition) is 14. The standard InChI is InChI=1S/C56H61N9O10/c57-34-39-13-23-48(60-36-39)62-42-16-20-44(21-17-42)64(56(71)61-35-38-9-2-1-3-10-38)43-18-14-40(15-19-43)41-25-27-59-51(33-41)74-32-31-73-30-7-6-29-72-28-5-4-26-58-50(67)37-75-47-12-8-11-45-52(47)55(70)65(54(45)69)46-22-24-49(66)63-53(46)68/h1-3,8-15,18-19,23,25,27,33,36,42,44,46H,4-7,16-17,20-22,24,26,28-32,35,37H2,(H,58,67)(H,60,62)(H,61,71)(H,63,66,68)/t42-,44-,46?. The largest absolute Gasteiger partial charge is 0.483 e. The second kappa shape index (κ2) is 26.7. The van der Waals surface area contributed by atoms with E-state index in [9.17, 15) is 28.8 Å². The van der Waals surface area contributed by atoms with Gasteiger partial charge in [0.2, 0.25) is 17.7 Å². The van der Waals surface area contributed by atoms with Gasteiger partial charge < -0.3 is 34.9 Å². The predicted octanol–water partition coefficient (Wildman–Crippen LogP) is 6.72. The minimum Gasteiger partial charge on any atom is -0.483 e. The molecule has 4 N–H and O–H groups in total. The van der Waals surface area contributed by atoms with Gasteiger partial charge in [0.15, 0.2) is 6.61 Å². The van der Waals surface area contributed by atoms with Crippen LogP contribution >= 0.6 is 0 Å². The molecular formula is C56H61N9O10. The van der Waals surface area contributed by atoms with E-state index in [2.05, 4.69) is 37.3 Å². The normalized spacial score (nSPS) is 17.1. The number of ether oxygens (including phenoxy) is 4. The Balaban J connectivity index is 0.687. The molecule has 390 valence electrons. The first kappa shape index (κ1) is 53.1. The Morgan fingerprint density at radius 1 is 0.747 bits per heavy atom. The summed E-state index contributed by atoms with van der Waals surface area (Å²) in [6.45, 7) is 2.88. The van der Waals surface area contributed by atoms with Gasteiger partial charge in [-0.2, -0.15) is 5.26 Å². The number of carbonyl (C=O) groups is 6. The number of pyridine rings is 2. The smallest absolute Gasteiger partial charge is 0.322 e. The van der Waals surface area contributed by atoms with Crippen molar-refractivity contribution in [3.63, 3.8) is 0 Å². The number of piperidine rings is 1. The molecule has 0 bridgehead atoms. The van der Waals surface area contributed by atoms with Gasteiger partial charge in [-0.1, -0.05) is 48.5 Å². The Kier molecular flexibility index (Phi) is 18.9. The predicted molar refractivity (Wildman–Crippen MR) is 277 cm³/mol. The molecule has 7 amide bonds. The molecule has 19 heteroatoms. The number of imide groups is 2. The third kappa shape index (κ3) is 14.5. The molecule has 2 fully saturated rings. The van der Waals surface area contributed by atoms with Crippen molar-refractivity contribution in [3.8, 4) is 28.8 Å². The molecule has 3 aliphatic rings. The second-order valence-electron chi connectivity index (χ2n) is 18.4. The molecule has 2 aliphatic heterocycles. The fraction of sp³-hybridized carbons (Fsp3) is 0.375. The molecule has 1 aliphatic carbocycles. The third-order valence-electron chi connectivity index (χ3n) is 13.2.